The van der Waals surface area contributed by atoms with Crippen molar-refractivity contribution in [1.82, 2.24) is 14.9 Å². The van der Waals surface area contributed by atoms with E-state index in [1.165, 1.54) is 36.3 Å². The molecule has 1 heterocycles. The van der Waals surface area contributed by atoms with Crippen LogP contribution in [0.5, 0.6) is 0 Å². The van der Waals surface area contributed by atoms with E-state index >= 15 is 0 Å². The van der Waals surface area contributed by atoms with Crippen LogP contribution in [0.15, 0.2) is 0 Å². The molecule has 0 aliphatic heterocycles. The third kappa shape index (κ3) is 3.52. The summed E-state index contributed by atoms with van der Waals surface area (Å²) in [6.45, 7) is 6.60. The minimum absolute atomic E-state index is 0.434. The number of aromatic nitrogens is 2. The van der Waals surface area contributed by atoms with E-state index in [-0.39, 0.29) is 0 Å². The second-order valence-electron chi connectivity index (χ2n) is 4.51. The lowest BCUT2D eigenvalue weighted by atomic mass is 10.0. The molecule has 0 spiro atoms. The van der Waals surface area contributed by atoms with Crippen LogP contribution in [0.1, 0.15) is 69.0 Å². The maximum Gasteiger partial charge on any atom is 0.0829 e. The molecule has 0 saturated heterocycles. The number of nitrogens with zero attached hydrogens (tertiary/aromatic N) is 2. The molecule has 1 aromatic heterocycles. The molecule has 0 amide bonds. The average Bonchev–Trinajstić information content (AvgIpc) is 2.73. The Morgan fingerprint density at radius 1 is 1.31 bits per heavy atom. The van der Waals surface area contributed by atoms with Crippen LogP contribution in [0.25, 0.3) is 0 Å². The molecule has 0 fully saturated rings. The van der Waals surface area contributed by atoms with Gasteiger partial charge in [0.05, 0.1) is 10.6 Å². The number of unbranched alkanes of at least 4 members (excludes halogenated alkanes) is 2. The lowest BCUT2D eigenvalue weighted by Gasteiger charge is -2.16. The first-order chi connectivity index (χ1) is 7.70. The maximum absolute atomic E-state index is 4.24. The van der Waals surface area contributed by atoms with Gasteiger partial charge < -0.3 is 5.32 Å². The fourth-order valence-corrected chi connectivity index (χ4v) is 2.80. The topological polar surface area (TPSA) is 37.8 Å². The third-order valence-corrected chi connectivity index (χ3v) is 3.70. The highest BCUT2D eigenvalue weighted by Gasteiger charge is 2.19. The second kappa shape index (κ2) is 6.97. The van der Waals surface area contributed by atoms with E-state index < -0.39 is 0 Å². The smallest absolute Gasteiger partial charge is 0.0829 e. The van der Waals surface area contributed by atoms with Gasteiger partial charge in [-0.3, -0.25) is 0 Å². The molecule has 0 radical (unpaired) electrons. The van der Waals surface area contributed by atoms with E-state index in [4.69, 9.17) is 0 Å². The van der Waals surface area contributed by atoms with Gasteiger partial charge in [0.15, 0.2) is 0 Å². The zero-order valence-corrected chi connectivity index (χ0v) is 11.6. The molecule has 3 nitrogen and oxygen atoms in total. The molecule has 1 atom stereocenters. The van der Waals surface area contributed by atoms with E-state index in [0.29, 0.717) is 12.0 Å². The van der Waals surface area contributed by atoms with Gasteiger partial charge in [-0.25, -0.2) is 0 Å². The van der Waals surface area contributed by atoms with Crippen molar-refractivity contribution in [1.29, 1.82) is 0 Å². The Balaban J connectivity index is 2.66. The molecule has 4 heteroatoms. The van der Waals surface area contributed by atoms with Gasteiger partial charge in [-0.2, -0.15) is 0 Å². The minimum Gasteiger partial charge on any atom is -0.312 e. The van der Waals surface area contributed by atoms with E-state index in [9.17, 15) is 0 Å². The molecule has 1 N–H and O–H groups in total. The van der Waals surface area contributed by atoms with Crippen molar-refractivity contribution in [2.75, 3.05) is 7.05 Å². The monoisotopic (exact) mass is 241 g/mol. The van der Waals surface area contributed by atoms with Gasteiger partial charge in [0.25, 0.3) is 0 Å². The highest BCUT2D eigenvalue weighted by atomic mass is 32.1. The van der Waals surface area contributed by atoms with Gasteiger partial charge in [-0.05, 0) is 30.9 Å². The van der Waals surface area contributed by atoms with Crippen LogP contribution in [0.2, 0.25) is 0 Å². The van der Waals surface area contributed by atoms with Crippen LogP contribution in [-0.2, 0) is 0 Å². The highest BCUT2D eigenvalue weighted by molar-refractivity contribution is 7.05. The summed E-state index contributed by atoms with van der Waals surface area (Å²) in [5.41, 5.74) is 1.17. The van der Waals surface area contributed by atoms with Gasteiger partial charge in [0.1, 0.15) is 0 Å². The minimum atomic E-state index is 0.434. The van der Waals surface area contributed by atoms with E-state index in [2.05, 4.69) is 35.7 Å². The predicted octanol–water partition coefficient (Wildman–Crippen LogP) is 3.50. The molecule has 1 rings (SSSR count). The van der Waals surface area contributed by atoms with E-state index in [0.717, 1.165) is 0 Å². The van der Waals surface area contributed by atoms with Crippen molar-refractivity contribution in [2.45, 2.75) is 58.4 Å². The van der Waals surface area contributed by atoms with Gasteiger partial charge in [-0.15, -0.1) is 5.10 Å². The molecule has 0 bridgehead atoms. The summed E-state index contributed by atoms with van der Waals surface area (Å²) in [5, 5.41) is 7.63. The van der Waals surface area contributed by atoms with Gasteiger partial charge >= 0.3 is 0 Å². The van der Waals surface area contributed by atoms with Crippen molar-refractivity contribution in [2.24, 2.45) is 0 Å². The summed E-state index contributed by atoms with van der Waals surface area (Å²) < 4.78 is 4.09. The summed E-state index contributed by atoms with van der Waals surface area (Å²) in [7, 11) is 2.03. The van der Waals surface area contributed by atoms with E-state index in [1.54, 1.807) is 11.5 Å². The fourth-order valence-electron chi connectivity index (χ4n) is 1.85. The predicted molar refractivity (Wildman–Crippen MR) is 69.9 cm³/mol. The molecule has 0 aliphatic rings. The Bertz CT molecular complexity index is 296. The molecule has 0 saturated carbocycles. The molecule has 92 valence electrons. The first kappa shape index (κ1) is 13.6. The average molecular weight is 241 g/mol. The highest BCUT2D eigenvalue weighted by Crippen LogP contribution is 2.29. The van der Waals surface area contributed by atoms with Crippen LogP contribution < -0.4 is 5.32 Å². The largest absolute Gasteiger partial charge is 0.312 e. The van der Waals surface area contributed by atoms with Gasteiger partial charge in [0.2, 0.25) is 0 Å². The molecule has 1 unspecified atom stereocenters. The zero-order chi connectivity index (χ0) is 12.0. The van der Waals surface area contributed by atoms with Crippen LogP contribution in [0.3, 0.4) is 0 Å². The molecular formula is C12H23N3S. The van der Waals surface area contributed by atoms with Crippen molar-refractivity contribution in [3.05, 3.63) is 10.6 Å². The quantitative estimate of drug-likeness (QED) is 0.742. The van der Waals surface area contributed by atoms with Crippen molar-refractivity contribution in [3.63, 3.8) is 0 Å². The van der Waals surface area contributed by atoms with E-state index in [1.807, 2.05) is 7.05 Å². The van der Waals surface area contributed by atoms with Crippen LogP contribution >= 0.6 is 11.5 Å². The number of rotatable bonds is 7. The SMILES string of the molecule is CCCCCC(NC)c1snnc1C(C)C. The van der Waals surface area contributed by atoms with Crippen LogP contribution in [0, 0.1) is 0 Å². The standard InChI is InChI=1S/C12H23N3S/c1-5-6-7-8-10(13-4)12-11(9(2)3)14-15-16-12/h9-10,13H,5-8H2,1-4H3. The Kier molecular flexibility index (Phi) is 5.91. The molecular weight excluding hydrogens is 218 g/mol. The maximum atomic E-state index is 4.24. The summed E-state index contributed by atoms with van der Waals surface area (Å²) in [5.74, 6) is 0.468. The lowest BCUT2D eigenvalue weighted by Crippen LogP contribution is -2.17. The van der Waals surface area contributed by atoms with Crippen LogP contribution in [0.4, 0.5) is 0 Å². The Labute approximate surface area is 103 Å². The Hall–Kier alpha value is -0.480. The molecule has 16 heavy (non-hydrogen) atoms. The second-order valence-corrected chi connectivity index (χ2v) is 5.30. The normalized spacial score (nSPS) is 13.3. The Morgan fingerprint density at radius 2 is 2.06 bits per heavy atom. The zero-order valence-electron chi connectivity index (χ0n) is 10.8. The molecule has 1 aromatic rings. The fraction of sp³-hybridized carbons (Fsp3) is 0.833. The van der Waals surface area contributed by atoms with Gasteiger partial charge in [0, 0.05) is 6.04 Å². The number of nitrogens with one attached hydrogen (secondary N) is 1. The first-order valence-electron chi connectivity index (χ1n) is 6.20. The summed E-state index contributed by atoms with van der Waals surface area (Å²) in [6, 6.07) is 0.434. The molecule has 0 aliphatic carbocycles. The van der Waals surface area contributed by atoms with Crippen molar-refractivity contribution < 1.29 is 0 Å². The number of hydrogen-bond acceptors (Lipinski definition) is 4. The van der Waals surface area contributed by atoms with Crippen LogP contribution in [-0.4, -0.2) is 16.6 Å². The van der Waals surface area contributed by atoms with Crippen molar-refractivity contribution in [3.8, 4) is 0 Å². The first-order valence-corrected chi connectivity index (χ1v) is 6.97. The summed E-state index contributed by atoms with van der Waals surface area (Å²) in [6.07, 6.45) is 5.04. The molecule has 0 aromatic carbocycles. The number of hydrogen-bond donors (Lipinski definition) is 1. The van der Waals surface area contributed by atoms with Crippen molar-refractivity contribution >= 4 is 11.5 Å². The third-order valence-electron chi connectivity index (χ3n) is 2.85. The Morgan fingerprint density at radius 3 is 2.62 bits per heavy atom. The summed E-state index contributed by atoms with van der Waals surface area (Å²) >= 11 is 1.54. The summed E-state index contributed by atoms with van der Waals surface area (Å²) in [4.78, 5) is 1.33. The lowest BCUT2D eigenvalue weighted by molar-refractivity contribution is 0.512. The van der Waals surface area contributed by atoms with Gasteiger partial charge in [-0.1, -0.05) is 44.5 Å².